The molecule has 3 nitrogen and oxygen atoms in total. The van der Waals surface area contributed by atoms with Gasteiger partial charge in [0.15, 0.2) is 0 Å². The molecule has 0 aliphatic heterocycles. The Bertz CT molecular complexity index is 759. The molecule has 3 heteroatoms. The zero-order valence-electron chi connectivity index (χ0n) is 22.7. The summed E-state index contributed by atoms with van der Waals surface area (Å²) in [5.74, 6) is 0. The Hall–Kier alpha value is -1.94. The minimum Gasteiger partial charge on any atom is -0.390 e. The average Bonchev–Trinajstić information content (AvgIpc) is 2.92. The fraction of sp³-hybridized carbons (Fsp3) is 0.576. The summed E-state index contributed by atoms with van der Waals surface area (Å²) in [5, 5.41) is 10.8. The van der Waals surface area contributed by atoms with Crippen molar-refractivity contribution in [3.05, 3.63) is 83.9 Å². The number of benzene rings is 2. The zero-order chi connectivity index (χ0) is 25.5. The molecule has 0 saturated heterocycles. The first-order valence-corrected chi connectivity index (χ1v) is 14.4. The molecule has 2 aromatic rings. The maximum Gasteiger partial charge on any atom is 0.102 e. The van der Waals surface area contributed by atoms with Gasteiger partial charge in [-0.1, -0.05) is 144 Å². The Morgan fingerprint density at radius 3 is 1.81 bits per heavy atom. The van der Waals surface area contributed by atoms with E-state index in [2.05, 4.69) is 43.3 Å². The Morgan fingerprint density at radius 1 is 0.694 bits per heavy atom. The third-order valence-corrected chi connectivity index (χ3v) is 6.63. The number of allylic oxidation sites excluding steroid dienone is 1. The highest BCUT2D eigenvalue weighted by Crippen LogP contribution is 2.14. The predicted molar refractivity (Wildman–Crippen MR) is 152 cm³/mol. The molecule has 0 fully saturated rings. The fourth-order valence-electron chi connectivity index (χ4n) is 4.35. The van der Waals surface area contributed by atoms with Gasteiger partial charge in [-0.3, -0.25) is 0 Å². The first-order chi connectivity index (χ1) is 17.8. The Labute approximate surface area is 220 Å². The smallest absolute Gasteiger partial charge is 0.102 e. The van der Waals surface area contributed by atoms with Gasteiger partial charge in [0, 0.05) is 6.61 Å². The second kappa shape index (κ2) is 21.2. The van der Waals surface area contributed by atoms with Crippen molar-refractivity contribution < 1.29 is 14.6 Å². The molecule has 200 valence electrons. The van der Waals surface area contributed by atoms with Gasteiger partial charge < -0.3 is 14.6 Å². The molecule has 0 radical (unpaired) electrons. The van der Waals surface area contributed by atoms with Crippen molar-refractivity contribution in [2.24, 2.45) is 0 Å². The minimum absolute atomic E-state index is 0.321. The molecule has 0 aliphatic carbocycles. The van der Waals surface area contributed by atoms with Gasteiger partial charge in [-0.25, -0.2) is 0 Å². The minimum atomic E-state index is -0.585. The van der Waals surface area contributed by atoms with E-state index in [-0.39, 0.29) is 6.10 Å². The van der Waals surface area contributed by atoms with Gasteiger partial charge in [-0.2, -0.15) is 0 Å². The van der Waals surface area contributed by atoms with Gasteiger partial charge in [-0.05, 0) is 30.4 Å². The molecule has 0 unspecified atom stereocenters. The first-order valence-electron chi connectivity index (χ1n) is 14.4. The van der Waals surface area contributed by atoms with Crippen molar-refractivity contribution in [3.63, 3.8) is 0 Å². The zero-order valence-corrected chi connectivity index (χ0v) is 22.7. The van der Waals surface area contributed by atoms with Gasteiger partial charge >= 0.3 is 0 Å². The average molecular weight is 495 g/mol. The van der Waals surface area contributed by atoms with Crippen molar-refractivity contribution in [2.75, 3.05) is 6.61 Å². The molecule has 0 spiro atoms. The van der Waals surface area contributed by atoms with Gasteiger partial charge in [0.1, 0.15) is 6.10 Å². The van der Waals surface area contributed by atoms with Crippen LogP contribution in [0.3, 0.4) is 0 Å². The van der Waals surface area contributed by atoms with E-state index in [1.54, 1.807) is 0 Å². The maximum atomic E-state index is 10.8. The summed E-state index contributed by atoms with van der Waals surface area (Å²) < 4.78 is 11.9. The summed E-state index contributed by atoms with van der Waals surface area (Å²) in [6.07, 6.45) is 19.9. The van der Waals surface area contributed by atoms with Crippen LogP contribution in [0.1, 0.15) is 102 Å². The summed E-state index contributed by atoms with van der Waals surface area (Å²) >= 11 is 0. The normalized spacial score (nSPS) is 13.3. The number of unbranched alkanes of at least 4 members (excludes halogenated alkanes) is 11. The molecule has 0 aromatic heterocycles. The van der Waals surface area contributed by atoms with E-state index in [1.807, 2.05) is 36.4 Å². The van der Waals surface area contributed by atoms with E-state index in [0.29, 0.717) is 26.2 Å². The Kier molecular flexibility index (Phi) is 17.8. The lowest BCUT2D eigenvalue weighted by molar-refractivity contribution is -0.0339. The van der Waals surface area contributed by atoms with E-state index in [9.17, 15) is 5.11 Å². The Morgan fingerprint density at radius 2 is 1.22 bits per heavy atom. The van der Waals surface area contributed by atoms with E-state index in [1.165, 1.54) is 70.6 Å². The van der Waals surface area contributed by atoms with E-state index >= 15 is 0 Å². The van der Waals surface area contributed by atoms with E-state index in [4.69, 9.17) is 9.47 Å². The molecule has 0 bridgehead atoms. The number of rotatable bonds is 22. The lowest BCUT2D eigenvalue weighted by atomic mass is 10.0. The van der Waals surface area contributed by atoms with Crippen molar-refractivity contribution in [2.45, 2.75) is 116 Å². The predicted octanol–water partition coefficient (Wildman–Crippen LogP) is 8.80. The highest BCUT2D eigenvalue weighted by atomic mass is 16.5. The van der Waals surface area contributed by atoms with Crippen LogP contribution >= 0.6 is 0 Å². The van der Waals surface area contributed by atoms with Gasteiger partial charge in [0.25, 0.3) is 0 Å². The van der Waals surface area contributed by atoms with Gasteiger partial charge in [0.2, 0.25) is 0 Å². The number of aliphatic hydroxyl groups excluding tert-OH is 1. The van der Waals surface area contributed by atoms with E-state index < -0.39 is 6.10 Å². The molecule has 0 saturated carbocycles. The summed E-state index contributed by atoms with van der Waals surface area (Å²) in [5.41, 5.74) is 2.27. The molecule has 0 aliphatic rings. The van der Waals surface area contributed by atoms with Crippen LogP contribution in [0.4, 0.5) is 0 Å². The van der Waals surface area contributed by atoms with Crippen molar-refractivity contribution in [1.82, 2.24) is 0 Å². The SMILES string of the molecule is CCCCCCCCCCCCC/C=C/[C@@H](OCc1ccccc1)[C@H](O)CCOCc1ccccc1. The second-order valence-corrected chi connectivity index (χ2v) is 9.91. The van der Waals surface area contributed by atoms with Crippen LogP contribution in [-0.2, 0) is 22.7 Å². The Balaban J connectivity index is 1.64. The molecule has 0 heterocycles. The summed E-state index contributed by atoms with van der Waals surface area (Å²) in [6.45, 7) is 3.85. The van der Waals surface area contributed by atoms with E-state index in [0.717, 1.165) is 17.5 Å². The van der Waals surface area contributed by atoms with Crippen LogP contribution in [0.15, 0.2) is 72.8 Å². The maximum absolute atomic E-state index is 10.8. The number of aliphatic hydroxyl groups is 1. The van der Waals surface area contributed by atoms with Crippen LogP contribution < -0.4 is 0 Å². The topological polar surface area (TPSA) is 38.7 Å². The van der Waals surface area contributed by atoms with Crippen LogP contribution in [0.2, 0.25) is 0 Å². The monoisotopic (exact) mass is 494 g/mol. The first kappa shape index (κ1) is 30.3. The van der Waals surface area contributed by atoms with Crippen LogP contribution in [0.25, 0.3) is 0 Å². The van der Waals surface area contributed by atoms with Gasteiger partial charge in [0.05, 0.1) is 19.3 Å². The molecule has 2 aromatic carbocycles. The second-order valence-electron chi connectivity index (χ2n) is 9.91. The fourth-order valence-corrected chi connectivity index (χ4v) is 4.35. The summed E-state index contributed by atoms with van der Waals surface area (Å²) in [6, 6.07) is 20.3. The molecular weight excluding hydrogens is 444 g/mol. The number of hydrogen-bond donors (Lipinski definition) is 1. The van der Waals surface area contributed by atoms with Crippen molar-refractivity contribution >= 4 is 0 Å². The largest absolute Gasteiger partial charge is 0.390 e. The molecular formula is C33H50O3. The highest BCUT2D eigenvalue weighted by Gasteiger charge is 2.17. The lowest BCUT2D eigenvalue weighted by Gasteiger charge is -2.21. The molecule has 36 heavy (non-hydrogen) atoms. The summed E-state index contributed by atoms with van der Waals surface area (Å²) in [4.78, 5) is 0. The summed E-state index contributed by atoms with van der Waals surface area (Å²) in [7, 11) is 0. The van der Waals surface area contributed by atoms with Crippen molar-refractivity contribution in [1.29, 1.82) is 0 Å². The lowest BCUT2D eigenvalue weighted by Crippen LogP contribution is -2.28. The third kappa shape index (κ3) is 15.2. The molecule has 2 rings (SSSR count). The van der Waals surface area contributed by atoms with Crippen molar-refractivity contribution in [3.8, 4) is 0 Å². The van der Waals surface area contributed by atoms with Crippen LogP contribution in [-0.4, -0.2) is 23.9 Å². The molecule has 0 amide bonds. The number of hydrogen-bond acceptors (Lipinski definition) is 3. The third-order valence-electron chi connectivity index (χ3n) is 6.63. The van der Waals surface area contributed by atoms with Gasteiger partial charge in [-0.15, -0.1) is 0 Å². The number of ether oxygens (including phenoxy) is 2. The highest BCUT2D eigenvalue weighted by molar-refractivity contribution is 5.14. The molecule has 1 N–H and O–H groups in total. The quantitative estimate of drug-likeness (QED) is 0.131. The van der Waals surface area contributed by atoms with Crippen LogP contribution in [0, 0.1) is 0 Å². The standard InChI is InChI=1S/C33H50O3/c1-2-3-4-5-6-7-8-9-10-11-12-13-20-25-33(36-29-31-23-18-15-19-24-31)32(34)26-27-35-28-30-21-16-14-17-22-30/h14-25,32-34H,2-13,26-29H2,1H3/b25-20+/t32-,33-/m1/s1. The van der Waals surface area contributed by atoms with Crippen LogP contribution in [0.5, 0.6) is 0 Å². The molecule has 2 atom stereocenters.